The van der Waals surface area contributed by atoms with Crippen molar-refractivity contribution in [2.75, 3.05) is 0 Å². The number of benzene rings is 2. The number of hydrogen-bond donors (Lipinski definition) is 0. The van der Waals surface area contributed by atoms with Crippen LogP contribution in [0.5, 0.6) is 0 Å². The van der Waals surface area contributed by atoms with Crippen molar-refractivity contribution in [3.8, 4) is 11.1 Å². The Morgan fingerprint density at radius 1 is 1.00 bits per heavy atom. The topological polar surface area (TPSA) is 17.1 Å². The van der Waals surface area contributed by atoms with Crippen LogP contribution in [0.3, 0.4) is 0 Å². The van der Waals surface area contributed by atoms with E-state index in [-0.39, 0.29) is 0 Å². The first-order chi connectivity index (χ1) is 8.68. The lowest BCUT2D eigenvalue weighted by atomic mass is 9.96. The number of aryl methyl sites for hydroxylation is 1. The van der Waals surface area contributed by atoms with Crippen LogP contribution in [0.15, 0.2) is 54.6 Å². The molecule has 2 aromatic carbocycles. The largest absolute Gasteiger partial charge is 0.276 e. The van der Waals surface area contributed by atoms with Gasteiger partial charge in [0.25, 0.3) is 0 Å². The fraction of sp³-hybridized carbons (Fsp3) is 0.0625. The van der Waals surface area contributed by atoms with Gasteiger partial charge in [0.05, 0.1) is 0 Å². The molecule has 0 saturated carbocycles. The minimum Gasteiger partial charge on any atom is -0.276 e. The monoisotopic (exact) mass is 256 g/mol. The first-order valence-electron chi connectivity index (χ1n) is 5.71. The molecule has 0 amide bonds. The van der Waals surface area contributed by atoms with E-state index in [4.69, 9.17) is 11.6 Å². The zero-order valence-corrected chi connectivity index (χ0v) is 10.8. The van der Waals surface area contributed by atoms with Gasteiger partial charge < -0.3 is 0 Å². The van der Waals surface area contributed by atoms with Crippen LogP contribution in [0.25, 0.3) is 17.2 Å². The Morgan fingerprint density at radius 3 is 2.28 bits per heavy atom. The average Bonchev–Trinajstić information content (AvgIpc) is 2.37. The fourth-order valence-corrected chi connectivity index (χ4v) is 1.98. The van der Waals surface area contributed by atoms with Gasteiger partial charge in [-0.05, 0) is 52.9 Å². The summed E-state index contributed by atoms with van der Waals surface area (Å²) < 4.78 is 0. The van der Waals surface area contributed by atoms with Gasteiger partial charge in [-0.3, -0.25) is 4.79 Å². The lowest BCUT2D eigenvalue weighted by Gasteiger charge is -2.09. The van der Waals surface area contributed by atoms with Crippen molar-refractivity contribution in [3.05, 3.63) is 65.7 Å². The standard InChI is InChI=1S/C16H13ClO/c1-12-6-2-4-8-14(12)15-9-5-3-7-13(15)10-11-16(17)18/h2-11H,1H3/b11-10+. The second-order valence-electron chi connectivity index (χ2n) is 4.04. The van der Waals surface area contributed by atoms with Crippen molar-refractivity contribution in [2.45, 2.75) is 6.92 Å². The molecule has 0 aliphatic rings. The van der Waals surface area contributed by atoms with Gasteiger partial charge in [-0.2, -0.15) is 0 Å². The molecule has 2 rings (SSSR count). The smallest absolute Gasteiger partial charge is 0.245 e. The highest BCUT2D eigenvalue weighted by Crippen LogP contribution is 2.27. The molecule has 0 bridgehead atoms. The van der Waals surface area contributed by atoms with Crippen molar-refractivity contribution < 1.29 is 4.79 Å². The maximum atomic E-state index is 10.8. The van der Waals surface area contributed by atoms with Gasteiger partial charge in [-0.1, -0.05) is 48.5 Å². The van der Waals surface area contributed by atoms with Crippen molar-refractivity contribution in [3.63, 3.8) is 0 Å². The van der Waals surface area contributed by atoms with Crippen LogP contribution in [0.1, 0.15) is 11.1 Å². The molecule has 0 aliphatic carbocycles. The maximum absolute atomic E-state index is 10.8. The molecular weight excluding hydrogens is 244 g/mol. The summed E-state index contributed by atoms with van der Waals surface area (Å²) in [6.07, 6.45) is 3.12. The fourth-order valence-electron chi connectivity index (χ4n) is 1.92. The molecular formula is C16H13ClO. The van der Waals surface area contributed by atoms with E-state index in [0.29, 0.717) is 0 Å². The quantitative estimate of drug-likeness (QED) is 0.586. The highest BCUT2D eigenvalue weighted by atomic mass is 35.5. The molecule has 1 nitrogen and oxygen atoms in total. The molecule has 2 heteroatoms. The van der Waals surface area contributed by atoms with E-state index in [1.807, 2.05) is 36.4 Å². The van der Waals surface area contributed by atoms with Crippen molar-refractivity contribution in [1.82, 2.24) is 0 Å². The zero-order valence-electron chi connectivity index (χ0n) is 10.1. The molecule has 0 heterocycles. The number of hydrogen-bond acceptors (Lipinski definition) is 1. The number of allylic oxidation sites excluding steroid dienone is 1. The van der Waals surface area contributed by atoms with E-state index >= 15 is 0 Å². The average molecular weight is 257 g/mol. The van der Waals surface area contributed by atoms with Gasteiger partial charge in [-0.15, -0.1) is 0 Å². The van der Waals surface area contributed by atoms with E-state index in [9.17, 15) is 4.79 Å². The van der Waals surface area contributed by atoms with E-state index in [2.05, 4.69) is 19.1 Å². The van der Waals surface area contributed by atoms with Crippen molar-refractivity contribution in [2.24, 2.45) is 0 Å². The third kappa shape index (κ3) is 2.88. The van der Waals surface area contributed by atoms with Crippen LogP contribution in [0.2, 0.25) is 0 Å². The highest BCUT2D eigenvalue weighted by Gasteiger charge is 2.04. The number of halogens is 1. The Morgan fingerprint density at radius 2 is 1.61 bits per heavy atom. The van der Waals surface area contributed by atoms with Crippen LogP contribution in [-0.4, -0.2) is 5.24 Å². The number of carbonyl (C=O) groups excluding carboxylic acids is 1. The van der Waals surface area contributed by atoms with E-state index in [1.54, 1.807) is 6.08 Å². The Bertz CT molecular complexity index is 600. The summed E-state index contributed by atoms with van der Waals surface area (Å²) in [7, 11) is 0. The molecule has 0 saturated heterocycles. The molecule has 0 radical (unpaired) electrons. The van der Waals surface area contributed by atoms with Crippen LogP contribution in [-0.2, 0) is 4.79 Å². The van der Waals surface area contributed by atoms with Crippen molar-refractivity contribution >= 4 is 22.9 Å². The second kappa shape index (κ2) is 5.65. The number of carbonyl (C=O) groups is 1. The molecule has 18 heavy (non-hydrogen) atoms. The van der Waals surface area contributed by atoms with E-state index in [0.717, 1.165) is 11.1 Å². The third-order valence-electron chi connectivity index (χ3n) is 2.79. The van der Waals surface area contributed by atoms with Crippen LogP contribution in [0.4, 0.5) is 0 Å². The molecule has 0 atom stereocenters. The number of rotatable bonds is 3. The van der Waals surface area contributed by atoms with Gasteiger partial charge in [-0.25, -0.2) is 0 Å². The molecule has 0 fully saturated rings. The Hall–Kier alpha value is -1.86. The highest BCUT2D eigenvalue weighted by molar-refractivity contribution is 6.66. The molecule has 2 aromatic rings. The first-order valence-corrected chi connectivity index (χ1v) is 6.09. The predicted octanol–water partition coefficient (Wildman–Crippen LogP) is 4.44. The summed E-state index contributed by atoms with van der Waals surface area (Å²) in [5.41, 5.74) is 4.46. The normalized spacial score (nSPS) is 10.8. The molecule has 0 spiro atoms. The van der Waals surface area contributed by atoms with Gasteiger partial charge in [0.1, 0.15) is 0 Å². The third-order valence-corrected chi connectivity index (χ3v) is 2.92. The van der Waals surface area contributed by atoms with Crippen LogP contribution in [0, 0.1) is 6.92 Å². The molecule has 90 valence electrons. The van der Waals surface area contributed by atoms with E-state index in [1.165, 1.54) is 17.2 Å². The van der Waals surface area contributed by atoms with Gasteiger partial charge in [0.15, 0.2) is 0 Å². The molecule has 0 aromatic heterocycles. The SMILES string of the molecule is Cc1ccccc1-c1ccccc1/C=C/C(=O)Cl. The molecule has 0 aliphatic heterocycles. The first kappa shape index (κ1) is 12.6. The Labute approximate surface area is 112 Å². The summed E-state index contributed by atoms with van der Waals surface area (Å²) in [4.78, 5) is 10.8. The van der Waals surface area contributed by atoms with E-state index < -0.39 is 5.24 Å². The van der Waals surface area contributed by atoms with Gasteiger partial charge in [0.2, 0.25) is 5.24 Å². The lowest BCUT2D eigenvalue weighted by Crippen LogP contribution is -1.86. The summed E-state index contributed by atoms with van der Waals surface area (Å²) in [6.45, 7) is 2.07. The molecule has 0 unspecified atom stereocenters. The summed E-state index contributed by atoms with van der Waals surface area (Å²) in [5.74, 6) is 0. The maximum Gasteiger partial charge on any atom is 0.245 e. The van der Waals surface area contributed by atoms with Crippen molar-refractivity contribution in [1.29, 1.82) is 0 Å². The summed E-state index contributed by atoms with van der Waals surface area (Å²) in [5, 5.41) is -0.463. The van der Waals surface area contributed by atoms with Crippen LogP contribution < -0.4 is 0 Å². The predicted molar refractivity (Wildman–Crippen MR) is 76.5 cm³/mol. The minimum atomic E-state index is -0.463. The Kier molecular flexibility index (Phi) is 3.96. The second-order valence-corrected chi connectivity index (χ2v) is 4.41. The minimum absolute atomic E-state index is 0.463. The van der Waals surface area contributed by atoms with Crippen LogP contribution >= 0.6 is 11.6 Å². The summed E-state index contributed by atoms with van der Waals surface area (Å²) in [6, 6.07) is 16.1. The lowest BCUT2D eigenvalue weighted by molar-refractivity contribution is -0.107. The van der Waals surface area contributed by atoms with Gasteiger partial charge in [0, 0.05) is 0 Å². The molecule has 0 N–H and O–H groups in total. The van der Waals surface area contributed by atoms with Gasteiger partial charge >= 0.3 is 0 Å². The zero-order chi connectivity index (χ0) is 13.0. The summed E-state index contributed by atoms with van der Waals surface area (Å²) >= 11 is 5.33. The Balaban J connectivity index is 2.52.